The summed E-state index contributed by atoms with van der Waals surface area (Å²) in [5.74, 6) is 1.96. The van der Waals surface area contributed by atoms with Gasteiger partial charge in [0.25, 0.3) is 0 Å². The van der Waals surface area contributed by atoms with Gasteiger partial charge in [-0.3, -0.25) is 0 Å². The van der Waals surface area contributed by atoms with Gasteiger partial charge in [-0.15, -0.1) is 11.3 Å². The smallest absolute Gasteiger partial charge is 0.165 e. The molecule has 252 valence electrons. The van der Waals surface area contributed by atoms with Crippen molar-refractivity contribution < 1.29 is 0 Å². The lowest BCUT2D eigenvalue weighted by Crippen LogP contribution is -2.00. The van der Waals surface area contributed by atoms with Crippen LogP contribution in [0, 0.1) is 0 Å². The van der Waals surface area contributed by atoms with Gasteiger partial charge in [0, 0.05) is 42.9 Å². The number of benzene rings is 8. The van der Waals surface area contributed by atoms with Crippen LogP contribution in [0.5, 0.6) is 0 Å². The predicted molar refractivity (Wildman–Crippen MR) is 226 cm³/mol. The molecule has 0 N–H and O–H groups in total. The Morgan fingerprint density at radius 3 is 1.63 bits per heavy atom. The van der Waals surface area contributed by atoms with E-state index in [1.807, 2.05) is 29.5 Å². The van der Waals surface area contributed by atoms with Crippen molar-refractivity contribution in [2.45, 2.75) is 0 Å². The summed E-state index contributed by atoms with van der Waals surface area (Å²) >= 11 is 1.81. The maximum absolute atomic E-state index is 5.20. The van der Waals surface area contributed by atoms with Gasteiger partial charge in [-0.05, 0) is 52.2 Å². The molecule has 11 aromatic rings. The molecule has 0 unspecified atom stereocenters. The second kappa shape index (κ2) is 12.3. The van der Waals surface area contributed by atoms with E-state index in [1.165, 1.54) is 59.3 Å². The molecule has 54 heavy (non-hydrogen) atoms. The summed E-state index contributed by atoms with van der Waals surface area (Å²) in [6.45, 7) is 0. The first-order valence-corrected chi connectivity index (χ1v) is 18.9. The summed E-state index contributed by atoms with van der Waals surface area (Å²) in [5.41, 5.74) is 8.79. The zero-order valence-electron chi connectivity index (χ0n) is 29.0. The highest BCUT2D eigenvalue weighted by Gasteiger charge is 2.20. The van der Waals surface area contributed by atoms with Crippen LogP contribution in [0.25, 0.3) is 104 Å². The van der Waals surface area contributed by atoms with Crippen LogP contribution in [0.3, 0.4) is 0 Å². The molecular weight excluding hydrogens is 677 g/mol. The molecule has 3 aromatic heterocycles. The predicted octanol–water partition coefficient (Wildman–Crippen LogP) is 13.2. The minimum absolute atomic E-state index is 0.646. The van der Waals surface area contributed by atoms with Crippen molar-refractivity contribution in [2.24, 2.45) is 0 Å². The first-order chi connectivity index (χ1) is 26.8. The lowest BCUT2D eigenvalue weighted by atomic mass is 10.00. The average Bonchev–Trinajstić information content (AvgIpc) is 3.80. The molecule has 11 rings (SSSR count). The van der Waals surface area contributed by atoms with Crippen LogP contribution in [-0.4, -0.2) is 19.5 Å². The van der Waals surface area contributed by atoms with Crippen LogP contribution in [0.4, 0.5) is 0 Å². The van der Waals surface area contributed by atoms with E-state index < -0.39 is 0 Å². The normalized spacial score (nSPS) is 11.7. The second-order valence-corrected chi connectivity index (χ2v) is 14.6. The monoisotopic (exact) mass is 706 g/mol. The Morgan fingerprint density at radius 1 is 0.352 bits per heavy atom. The molecule has 5 heteroatoms. The highest BCUT2D eigenvalue weighted by Crippen LogP contribution is 2.44. The highest BCUT2D eigenvalue weighted by molar-refractivity contribution is 7.26. The highest BCUT2D eigenvalue weighted by atomic mass is 32.1. The Hall–Kier alpha value is -6.95. The number of para-hydroxylation sites is 2. The molecule has 0 spiro atoms. The Labute approximate surface area is 315 Å². The summed E-state index contributed by atoms with van der Waals surface area (Å²) in [6.07, 6.45) is 0. The molecular formula is C49H30N4S. The maximum atomic E-state index is 5.20. The van der Waals surface area contributed by atoms with E-state index in [1.54, 1.807) is 0 Å². The quantitative estimate of drug-likeness (QED) is 0.179. The molecule has 0 fully saturated rings. The average molecular weight is 707 g/mol. The first-order valence-electron chi connectivity index (χ1n) is 18.1. The van der Waals surface area contributed by atoms with Crippen molar-refractivity contribution in [3.8, 4) is 51.0 Å². The van der Waals surface area contributed by atoms with Gasteiger partial charge in [-0.25, -0.2) is 15.0 Å². The summed E-state index contributed by atoms with van der Waals surface area (Å²) in [6, 6.07) is 64.4. The van der Waals surface area contributed by atoms with E-state index in [0.29, 0.717) is 17.5 Å². The fourth-order valence-corrected chi connectivity index (χ4v) is 9.18. The summed E-state index contributed by atoms with van der Waals surface area (Å²) in [7, 11) is 0. The molecule has 0 saturated carbocycles. The molecule has 0 aliphatic carbocycles. The van der Waals surface area contributed by atoms with Gasteiger partial charge < -0.3 is 4.57 Å². The number of aromatic nitrogens is 4. The molecule has 0 saturated heterocycles. The Balaban J connectivity index is 1.08. The third-order valence-electron chi connectivity index (χ3n) is 10.5. The van der Waals surface area contributed by atoms with Crippen LogP contribution >= 0.6 is 11.3 Å². The van der Waals surface area contributed by atoms with Crippen molar-refractivity contribution in [3.63, 3.8) is 0 Å². The first kappa shape index (κ1) is 30.7. The van der Waals surface area contributed by atoms with Crippen molar-refractivity contribution in [2.75, 3.05) is 0 Å². The SMILES string of the molecule is c1ccc(-c2nc(-c3ccc(-c4ccc5ccccc5c4)cc3)nc(-c3cccc4c3sc3c(-n5c6ccccc6c6ccccc65)cccc34)n2)cc1. The summed E-state index contributed by atoms with van der Waals surface area (Å²) in [4.78, 5) is 15.4. The van der Waals surface area contributed by atoms with Crippen molar-refractivity contribution in [1.29, 1.82) is 0 Å². The van der Waals surface area contributed by atoms with Gasteiger partial charge in [0.1, 0.15) is 0 Å². The Morgan fingerprint density at radius 2 is 0.889 bits per heavy atom. The lowest BCUT2D eigenvalue weighted by molar-refractivity contribution is 1.08. The topological polar surface area (TPSA) is 43.6 Å². The van der Waals surface area contributed by atoms with E-state index in [-0.39, 0.29) is 0 Å². The van der Waals surface area contributed by atoms with E-state index in [2.05, 4.69) is 168 Å². The molecule has 0 amide bonds. The molecule has 0 aliphatic rings. The fraction of sp³-hybridized carbons (Fsp3) is 0. The van der Waals surface area contributed by atoms with E-state index in [9.17, 15) is 0 Å². The van der Waals surface area contributed by atoms with Gasteiger partial charge in [0.15, 0.2) is 17.5 Å². The molecule has 8 aromatic carbocycles. The number of nitrogens with zero attached hydrogens (tertiary/aromatic N) is 4. The van der Waals surface area contributed by atoms with Crippen molar-refractivity contribution in [3.05, 3.63) is 182 Å². The second-order valence-electron chi connectivity index (χ2n) is 13.6. The standard InChI is InChI=1S/C49H30N4S/c1-2-13-33(14-3-1)47-50-48(34-27-24-32(25-28-34)36-29-26-31-12-4-5-15-35(31)30-36)52-49(51-47)41-20-10-18-39-40-19-11-23-44(46(40)54-45(39)41)53-42-21-8-6-16-37(42)38-17-7-9-22-43(38)53/h1-30H. The minimum Gasteiger partial charge on any atom is -0.308 e. The minimum atomic E-state index is 0.646. The van der Waals surface area contributed by atoms with E-state index >= 15 is 0 Å². The van der Waals surface area contributed by atoms with Gasteiger partial charge in [-0.1, -0.05) is 152 Å². The molecule has 0 bridgehead atoms. The molecule has 3 heterocycles. The third kappa shape index (κ3) is 4.94. The van der Waals surface area contributed by atoms with E-state index in [0.717, 1.165) is 27.0 Å². The number of fused-ring (bicyclic) bond motifs is 7. The van der Waals surface area contributed by atoms with Gasteiger partial charge in [-0.2, -0.15) is 0 Å². The largest absolute Gasteiger partial charge is 0.308 e. The summed E-state index contributed by atoms with van der Waals surface area (Å²) < 4.78 is 4.80. The zero-order chi connectivity index (χ0) is 35.6. The molecule has 0 aliphatic heterocycles. The van der Waals surface area contributed by atoms with Gasteiger partial charge in [0.2, 0.25) is 0 Å². The molecule has 0 atom stereocenters. The lowest BCUT2D eigenvalue weighted by Gasteiger charge is -2.10. The zero-order valence-corrected chi connectivity index (χ0v) is 29.8. The fourth-order valence-electron chi connectivity index (χ4n) is 7.86. The Kier molecular flexibility index (Phi) is 7.00. The maximum Gasteiger partial charge on any atom is 0.165 e. The number of hydrogen-bond donors (Lipinski definition) is 0. The van der Waals surface area contributed by atoms with E-state index in [4.69, 9.17) is 15.0 Å². The summed E-state index contributed by atoms with van der Waals surface area (Å²) in [5, 5.41) is 7.38. The van der Waals surface area contributed by atoms with Crippen LogP contribution < -0.4 is 0 Å². The van der Waals surface area contributed by atoms with Crippen LogP contribution in [0.1, 0.15) is 0 Å². The van der Waals surface area contributed by atoms with Gasteiger partial charge in [0.05, 0.1) is 21.4 Å². The van der Waals surface area contributed by atoms with Crippen molar-refractivity contribution >= 4 is 64.1 Å². The van der Waals surface area contributed by atoms with Crippen molar-refractivity contribution in [1.82, 2.24) is 19.5 Å². The van der Waals surface area contributed by atoms with Crippen LogP contribution in [-0.2, 0) is 0 Å². The third-order valence-corrected chi connectivity index (χ3v) is 11.7. The molecule has 0 radical (unpaired) electrons. The van der Waals surface area contributed by atoms with Crippen LogP contribution in [0.15, 0.2) is 182 Å². The number of thiophene rings is 1. The van der Waals surface area contributed by atoms with Gasteiger partial charge >= 0.3 is 0 Å². The Bertz CT molecular complexity index is 3160. The number of rotatable bonds is 5. The van der Waals surface area contributed by atoms with Crippen LogP contribution in [0.2, 0.25) is 0 Å². The molecule has 4 nitrogen and oxygen atoms in total. The number of hydrogen-bond acceptors (Lipinski definition) is 4.